The summed E-state index contributed by atoms with van der Waals surface area (Å²) < 4.78 is 0. The number of carbonyl (C=O) groups excluding carboxylic acids is 2. The molecule has 2 aromatic rings. The standard InChI is InChI=1S/C17H17N3O2/c21-16-14(13-8-4-5-9-15(13)20-16)10-11-18-17(22)19-12-6-2-1-3-7-12/h1-9,14H,10-11H2,(H,20,21)(H2,18,19,22)/t14-/m0/s1. The molecule has 5 heteroatoms. The van der Waals surface area contributed by atoms with E-state index in [9.17, 15) is 9.59 Å². The maximum atomic E-state index is 12.0. The smallest absolute Gasteiger partial charge is 0.319 e. The summed E-state index contributed by atoms with van der Waals surface area (Å²) in [5.74, 6) is -0.209. The Kier molecular flexibility index (Phi) is 4.05. The molecule has 0 aliphatic carbocycles. The normalized spacial score (nSPS) is 15.8. The maximum Gasteiger partial charge on any atom is 0.319 e. The number of amides is 3. The van der Waals surface area contributed by atoms with Gasteiger partial charge in [-0.05, 0) is 30.2 Å². The Morgan fingerprint density at radius 1 is 1.05 bits per heavy atom. The van der Waals surface area contributed by atoms with Crippen LogP contribution in [0.4, 0.5) is 16.2 Å². The van der Waals surface area contributed by atoms with Crippen LogP contribution in [0.25, 0.3) is 0 Å². The van der Waals surface area contributed by atoms with Gasteiger partial charge >= 0.3 is 6.03 Å². The quantitative estimate of drug-likeness (QED) is 0.811. The van der Waals surface area contributed by atoms with E-state index in [2.05, 4.69) is 16.0 Å². The second-order valence-corrected chi connectivity index (χ2v) is 5.16. The number of rotatable bonds is 4. The molecule has 0 saturated carbocycles. The number of nitrogens with one attached hydrogen (secondary N) is 3. The second kappa shape index (κ2) is 6.30. The Labute approximate surface area is 128 Å². The molecular weight excluding hydrogens is 278 g/mol. The number of hydrogen-bond acceptors (Lipinski definition) is 2. The average molecular weight is 295 g/mol. The van der Waals surface area contributed by atoms with E-state index in [1.54, 1.807) is 0 Å². The molecule has 0 spiro atoms. The van der Waals surface area contributed by atoms with Crippen molar-refractivity contribution >= 4 is 23.3 Å². The van der Waals surface area contributed by atoms with Gasteiger partial charge in [0.2, 0.25) is 5.91 Å². The van der Waals surface area contributed by atoms with E-state index >= 15 is 0 Å². The second-order valence-electron chi connectivity index (χ2n) is 5.16. The van der Waals surface area contributed by atoms with Gasteiger partial charge in [0.25, 0.3) is 0 Å². The fourth-order valence-corrected chi connectivity index (χ4v) is 2.59. The summed E-state index contributed by atoms with van der Waals surface area (Å²) in [7, 11) is 0. The van der Waals surface area contributed by atoms with Crippen molar-refractivity contribution in [3.05, 3.63) is 60.2 Å². The fraction of sp³-hybridized carbons (Fsp3) is 0.176. The highest BCUT2D eigenvalue weighted by atomic mass is 16.2. The minimum absolute atomic E-state index is 0.00790. The van der Waals surface area contributed by atoms with E-state index in [0.717, 1.165) is 16.9 Å². The molecule has 3 rings (SSSR count). The van der Waals surface area contributed by atoms with Gasteiger partial charge in [-0.15, -0.1) is 0 Å². The van der Waals surface area contributed by atoms with Crippen LogP contribution in [0.3, 0.4) is 0 Å². The van der Waals surface area contributed by atoms with Crippen LogP contribution < -0.4 is 16.0 Å². The molecule has 5 nitrogen and oxygen atoms in total. The average Bonchev–Trinajstić information content (AvgIpc) is 2.84. The SMILES string of the molecule is O=C(NCC[C@@H]1C(=O)Nc2ccccc21)Nc1ccccc1. The van der Waals surface area contributed by atoms with Crippen LogP contribution in [0, 0.1) is 0 Å². The van der Waals surface area contributed by atoms with Gasteiger partial charge in [0.05, 0.1) is 5.92 Å². The number of anilines is 2. The molecule has 1 heterocycles. The number of hydrogen-bond donors (Lipinski definition) is 3. The third-order valence-electron chi connectivity index (χ3n) is 3.66. The molecule has 2 aromatic carbocycles. The van der Waals surface area contributed by atoms with Gasteiger partial charge in [0.1, 0.15) is 0 Å². The van der Waals surface area contributed by atoms with E-state index in [1.165, 1.54) is 0 Å². The summed E-state index contributed by atoms with van der Waals surface area (Å²) in [5, 5.41) is 8.38. The van der Waals surface area contributed by atoms with E-state index in [4.69, 9.17) is 0 Å². The third kappa shape index (κ3) is 3.09. The van der Waals surface area contributed by atoms with E-state index in [-0.39, 0.29) is 17.9 Å². The van der Waals surface area contributed by atoms with Gasteiger partial charge in [-0.25, -0.2) is 4.79 Å². The van der Waals surface area contributed by atoms with Crippen LogP contribution in [-0.4, -0.2) is 18.5 Å². The molecule has 3 N–H and O–H groups in total. The molecule has 1 atom stereocenters. The van der Waals surface area contributed by atoms with Crippen molar-refractivity contribution in [2.75, 3.05) is 17.2 Å². The number of urea groups is 1. The number of carbonyl (C=O) groups is 2. The zero-order valence-electron chi connectivity index (χ0n) is 12.0. The first-order valence-electron chi connectivity index (χ1n) is 7.24. The summed E-state index contributed by atoms with van der Waals surface area (Å²) in [5.41, 5.74) is 2.60. The predicted octanol–water partition coefficient (Wildman–Crippen LogP) is 2.93. The highest BCUT2D eigenvalue weighted by Crippen LogP contribution is 2.33. The Morgan fingerprint density at radius 2 is 1.77 bits per heavy atom. The number of para-hydroxylation sites is 2. The van der Waals surface area contributed by atoms with Crippen molar-refractivity contribution in [2.24, 2.45) is 0 Å². The Hall–Kier alpha value is -2.82. The minimum atomic E-state index is -0.266. The third-order valence-corrected chi connectivity index (χ3v) is 3.66. The largest absolute Gasteiger partial charge is 0.338 e. The van der Waals surface area contributed by atoms with E-state index in [0.29, 0.717) is 13.0 Å². The topological polar surface area (TPSA) is 70.2 Å². The molecule has 22 heavy (non-hydrogen) atoms. The lowest BCUT2D eigenvalue weighted by Gasteiger charge is -2.10. The lowest BCUT2D eigenvalue weighted by molar-refractivity contribution is -0.117. The van der Waals surface area contributed by atoms with Crippen molar-refractivity contribution < 1.29 is 9.59 Å². The maximum absolute atomic E-state index is 12.0. The van der Waals surface area contributed by atoms with Crippen molar-refractivity contribution in [2.45, 2.75) is 12.3 Å². The van der Waals surface area contributed by atoms with Gasteiger partial charge < -0.3 is 16.0 Å². The minimum Gasteiger partial charge on any atom is -0.338 e. The molecule has 0 saturated heterocycles. The first-order chi connectivity index (χ1) is 10.7. The lowest BCUT2D eigenvalue weighted by Crippen LogP contribution is -2.31. The van der Waals surface area contributed by atoms with E-state index in [1.807, 2.05) is 54.6 Å². The highest BCUT2D eigenvalue weighted by molar-refractivity contribution is 6.02. The molecule has 1 aliphatic heterocycles. The summed E-state index contributed by atoms with van der Waals surface area (Å²) in [6.07, 6.45) is 0.574. The van der Waals surface area contributed by atoms with Crippen LogP contribution in [-0.2, 0) is 4.79 Å². The highest BCUT2D eigenvalue weighted by Gasteiger charge is 2.29. The van der Waals surface area contributed by atoms with Crippen LogP contribution in [0.2, 0.25) is 0 Å². The molecule has 0 bridgehead atoms. The van der Waals surface area contributed by atoms with Crippen molar-refractivity contribution in [3.8, 4) is 0 Å². The molecule has 0 aromatic heterocycles. The first kappa shape index (κ1) is 14.1. The van der Waals surface area contributed by atoms with Gasteiger partial charge in [-0.2, -0.15) is 0 Å². The van der Waals surface area contributed by atoms with Gasteiger partial charge in [-0.3, -0.25) is 4.79 Å². The van der Waals surface area contributed by atoms with Crippen LogP contribution in [0.1, 0.15) is 17.9 Å². The lowest BCUT2D eigenvalue weighted by atomic mass is 9.97. The summed E-state index contributed by atoms with van der Waals surface area (Å²) in [6.45, 7) is 0.436. The van der Waals surface area contributed by atoms with Crippen molar-refractivity contribution in [1.82, 2.24) is 5.32 Å². The van der Waals surface area contributed by atoms with E-state index < -0.39 is 0 Å². The zero-order chi connectivity index (χ0) is 15.4. The zero-order valence-corrected chi connectivity index (χ0v) is 12.0. The summed E-state index contributed by atoms with van der Waals surface area (Å²) in [6, 6.07) is 16.6. The van der Waals surface area contributed by atoms with Gasteiger partial charge in [0, 0.05) is 17.9 Å². The van der Waals surface area contributed by atoms with Crippen LogP contribution in [0.5, 0.6) is 0 Å². The summed E-state index contributed by atoms with van der Waals surface area (Å²) in [4.78, 5) is 23.7. The van der Waals surface area contributed by atoms with Gasteiger partial charge in [-0.1, -0.05) is 36.4 Å². The number of benzene rings is 2. The molecule has 112 valence electrons. The molecule has 3 amide bonds. The monoisotopic (exact) mass is 295 g/mol. The Bertz CT molecular complexity index is 685. The molecule has 0 unspecified atom stereocenters. The Morgan fingerprint density at radius 3 is 2.59 bits per heavy atom. The molecule has 0 fully saturated rings. The summed E-state index contributed by atoms with van der Waals surface area (Å²) >= 11 is 0. The van der Waals surface area contributed by atoms with Crippen molar-refractivity contribution in [3.63, 3.8) is 0 Å². The first-order valence-corrected chi connectivity index (χ1v) is 7.24. The number of fused-ring (bicyclic) bond motifs is 1. The fourth-order valence-electron chi connectivity index (χ4n) is 2.59. The molecule has 1 aliphatic rings. The predicted molar refractivity (Wildman–Crippen MR) is 85.9 cm³/mol. The Balaban J connectivity index is 1.51. The molecule has 0 radical (unpaired) electrons. The van der Waals surface area contributed by atoms with Crippen LogP contribution >= 0.6 is 0 Å². The van der Waals surface area contributed by atoms with Gasteiger partial charge in [0.15, 0.2) is 0 Å². The molecular formula is C17H17N3O2. The van der Waals surface area contributed by atoms with Crippen molar-refractivity contribution in [1.29, 1.82) is 0 Å². The van der Waals surface area contributed by atoms with Crippen LogP contribution in [0.15, 0.2) is 54.6 Å².